The van der Waals surface area contributed by atoms with Gasteiger partial charge in [-0.2, -0.15) is 0 Å². The predicted molar refractivity (Wildman–Crippen MR) is 89.1 cm³/mol. The molecule has 1 aliphatic heterocycles. The highest BCUT2D eigenvalue weighted by atomic mass is 16.5. The van der Waals surface area contributed by atoms with E-state index in [1.807, 2.05) is 29.2 Å². The topological polar surface area (TPSA) is 70.7 Å². The maximum Gasteiger partial charge on any atom is 0.238 e. The molecule has 2 rings (SSSR count). The Morgan fingerprint density at radius 2 is 2.22 bits per heavy atom. The molecule has 0 radical (unpaired) electrons. The molecule has 0 saturated carbocycles. The van der Waals surface area contributed by atoms with Crippen molar-refractivity contribution < 1.29 is 14.3 Å². The summed E-state index contributed by atoms with van der Waals surface area (Å²) in [6.07, 6.45) is 2.69. The van der Waals surface area contributed by atoms with Gasteiger partial charge in [-0.05, 0) is 30.5 Å². The van der Waals surface area contributed by atoms with E-state index in [0.29, 0.717) is 26.1 Å². The van der Waals surface area contributed by atoms with Crippen molar-refractivity contribution in [3.8, 4) is 0 Å². The van der Waals surface area contributed by atoms with Crippen molar-refractivity contribution >= 4 is 17.5 Å². The van der Waals surface area contributed by atoms with Gasteiger partial charge in [-0.15, -0.1) is 0 Å². The molecule has 0 atom stereocenters. The minimum atomic E-state index is -0.0905. The van der Waals surface area contributed by atoms with Crippen LogP contribution < -0.4 is 10.6 Å². The maximum atomic E-state index is 11.9. The van der Waals surface area contributed by atoms with Gasteiger partial charge in [-0.25, -0.2) is 0 Å². The molecule has 0 bridgehead atoms. The minimum Gasteiger partial charge on any atom is -0.383 e. The third kappa shape index (κ3) is 6.00. The summed E-state index contributed by atoms with van der Waals surface area (Å²) in [6.45, 7) is 2.89. The Labute approximate surface area is 137 Å². The zero-order valence-electron chi connectivity index (χ0n) is 13.6. The zero-order chi connectivity index (χ0) is 16.5. The largest absolute Gasteiger partial charge is 0.383 e. The fraction of sp³-hybridized carbons (Fsp3) is 0.529. The van der Waals surface area contributed by atoms with Crippen LogP contribution in [0.15, 0.2) is 24.3 Å². The van der Waals surface area contributed by atoms with E-state index < -0.39 is 0 Å². The van der Waals surface area contributed by atoms with Crippen LogP contribution in [0.5, 0.6) is 0 Å². The number of carbonyl (C=O) groups is 2. The SMILES string of the molecule is COCCNCC(=O)Nc1cccc(CN2CCCCC2=O)c1. The van der Waals surface area contributed by atoms with E-state index in [2.05, 4.69) is 10.6 Å². The molecule has 1 aliphatic rings. The molecule has 23 heavy (non-hydrogen) atoms. The van der Waals surface area contributed by atoms with Crippen LogP contribution in [0.3, 0.4) is 0 Å². The molecule has 126 valence electrons. The smallest absolute Gasteiger partial charge is 0.238 e. The summed E-state index contributed by atoms with van der Waals surface area (Å²) < 4.78 is 4.91. The zero-order valence-corrected chi connectivity index (χ0v) is 13.6. The summed E-state index contributed by atoms with van der Waals surface area (Å²) in [6, 6.07) is 7.66. The fourth-order valence-corrected chi connectivity index (χ4v) is 2.58. The second-order valence-corrected chi connectivity index (χ2v) is 5.69. The van der Waals surface area contributed by atoms with Gasteiger partial charge in [0.1, 0.15) is 0 Å². The number of benzene rings is 1. The summed E-state index contributed by atoms with van der Waals surface area (Å²) in [4.78, 5) is 25.6. The summed E-state index contributed by atoms with van der Waals surface area (Å²) in [5.41, 5.74) is 1.79. The number of amides is 2. The second-order valence-electron chi connectivity index (χ2n) is 5.69. The van der Waals surface area contributed by atoms with Gasteiger partial charge in [0, 0.05) is 38.9 Å². The molecule has 0 aromatic heterocycles. The normalized spacial score (nSPS) is 14.8. The third-order valence-electron chi connectivity index (χ3n) is 3.77. The molecule has 6 nitrogen and oxygen atoms in total. The number of piperidine rings is 1. The highest BCUT2D eigenvalue weighted by Gasteiger charge is 2.18. The van der Waals surface area contributed by atoms with Crippen LogP contribution in [-0.4, -0.2) is 50.1 Å². The Morgan fingerprint density at radius 3 is 3.00 bits per heavy atom. The van der Waals surface area contributed by atoms with E-state index in [1.54, 1.807) is 7.11 Å². The van der Waals surface area contributed by atoms with E-state index in [-0.39, 0.29) is 18.4 Å². The molecule has 1 aromatic rings. The molecule has 1 aromatic carbocycles. The van der Waals surface area contributed by atoms with Gasteiger partial charge in [-0.3, -0.25) is 9.59 Å². The average molecular weight is 319 g/mol. The molecule has 2 amide bonds. The van der Waals surface area contributed by atoms with E-state index in [4.69, 9.17) is 4.74 Å². The molecule has 0 spiro atoms. The number of nitrogens with zero attached hydrogens (tertiary/aromatic N) is 1. The van der Waals surface area contributed by atoms with E-state index in [9.17, 15) is 9.59 Å². The first-order valence-corrected chi connectivity index (χ1v) is 8.05. The number of ether oxygens (including phenoxy) is 1. The molecule has 1 fully saturated rings. The standard InChI is InChI=1S/C17H25N3O3/c1-23-10-8-18-12-16(21)19-15-6-4-5-14(11-15)13-20-9-3-2-7-17(20)22/h4-6,11,18H,2-3,7-10,12-13H2,1H3,(H,19,21). The molecule has 0 aliphatic carbocycles. The van der Waals surface area contributed by atoms with Gasteiger partial charge in [0.25, 0.3) is 0 Å². The van der Waals surface area contributed by atoms with Gasteiger partial charge < -0.3 is 20.3 Å². The van der Waals surface area contributed by atoms with Crippen molar-refractivity contribution in [3.63, 3.8) is 0 Å². The first kappa shape index (κ1) is 17.4. The second kappa shape index (κ2) is 9.27. The highest BCUT2D eigenvalue weighted by molar-refractivity contribution is 5.92. The lowest BCUT2D eigenvalue weighted by atomic mass is 10.1. The first-order chi connectivity index (χ1) is 11.2. The van der Waals surface area contributed by atoms with Gasteiger partial charge in [0.15, 0.2) is 0 Å². The van der Waals surface area contributed by atoms with Gasteiger partial charge >= 0.3 is 0 Å². The quantitative estimate of drug-likeness (QED) is 0.710. The van der Waals surface area contributed by atoms with Gasteiger partial charge in [0.05, 0.1) is 13.2 Å². The molecular weight excluding hydrogens is 294 g/mol. The summed E-state index contributed by atoms with van der Waals surface area (Å²) in [7, 11) is 1.63. The Hall–Kier alpha value is -1.92. The summed E-state index contributed by atoms with van der Waals surface area (Å²) >= 11 is 0. The molecule has 1 saturated heterocycles. The molecule has 6 heteroatoms. The van der Waals surface area contributed by atoms with Crippen LogP contribution in [0, 0.1) is 0 Å². The monoisotopic (exact) mass is 319 g/mol. The van der Waals surface area contributed by atoms with Crippen molar-refractivity contribution in [1.29, 1.82) is 0 Å². The van der Waals surface area contributed by atoms with Crippen LogP contribution in [0.2, 0.25) is 0 Å². The number of hydrogen-bond donors (Lipinski definition) is 2. The Kier molecular flexibility index (Phi) is 7.03. The van der Waals surface area contributed by atoms with Crippen LogP contribution in [0.1, 0.15) is 24.8 Å². The van der Waals surface area contributed by atoms with Crippen molar-refractivity contribution in [3.05, 3.63) is 29.8 Å². The van der Waals surface area contributed by atoms with Crippen LogP contribution >= 0.6 is 0 Å². The van der Waals surface area contributed by atoms with Crippen LogP contribution in [0.25, 0.3) is 0 Å². The van der Waals surface area contributed by atoms with Crippen molar-refractivity contribution in [1.82, 2.24) is 10.2 Å². The third-order valence-corrected chi connectivity index (χ3v) is 3.77. The average Bonchev–Trinajstić information content (AvgIpc) is 2.54. The minimum absolute atomic E-state index is 0.0905. The molecule has 1 heterocycles. The summed E-state index contributed by atoms with van der Waals surface area (Å²) in [5.74, 6) is 0.125. The number of anilines is 1. The number of likely N-dealkylation sites (tertiary alicyclic amines) is 1. The molecular formula is C17H25N3O3. The maximum absolute atomic E-state index is 11.9. The Balaban J connectivity index is 1.84. The summed E-state index contributed by atoms with van der Waals surface area (Å²) in [5, 5.41) is 5.86. The number of hydrogen-bond acceptors (Lipinski definition) is 4. The fourth-order valence-electron chi connectivity index (χ4n) is 2.58. The lowest BCUT2D eigenvalue weighted by Gasteiger charge is -2.26. The van der Waals surface area contributed by atoms with Gasteiger partial charge in [-0.1, -0.05) is 12.1 Å². The van der Waals surface area contributed by atoms with Crippen molar-refractivity contribution in [2.75, 3.05) is 38.7 Å². The van der Waals surface area contributed by atoms with Crippen LogP contribution in [0.4, 0.5) is 5.69 Å². The van der Waals surface area contributed by atoms with E-state index in [1.165, 1.54) is 0 Å². The van der Waals surface area contributed by atoms with E-state index >= 15 is 0 Å². The molecule has 0 unspecified atom stereocenters. The van der Waals surface area contributed by atoms with Crippen molar-refractivity contribution in [2.45, 2.75) is 25.8 Å². The van der Waals surface area contributed by atoms with Crippen LogP contribution in [-0.2, 0) is 20.9 Å². The number of carbonyl (C=O) groups excluding carboxylic acids is 2. The Bertz CT molecular complexity index is 534. The first-order valence-electron chi connectivity index (χ1n) is 8.05. The number of rotatable bonds is 8. The van der Waals surface area contributed by atoms with Crippen molar-refractivity contribution in [2.24, 2.45) is 0 Å². The van der Waals surface area contributed by atoms with Gasteiger partial charge in [0.2, 0.25) is 11.8 Å². The lowest BCUT2D eigenvalue weighted by Crippen LogP contribution is -2.34. The number of nitrogens with one attached hydrogen (secondary N) is 2. The molecule has 2 N–H and O–H groups in total. The number of methoxy groups -OCH3 is 1. The van der Waals surface area contributed by atoms with E-state index in [0.717, 1.165) is 30.6 Å². The predicted octanol–water partition coefficient (Wildman–Crippen LogP) is 1.37. The Morgan fingerprint density at radius 1 is 1.35 bits per heavy atom. The lowest BCUT2D eigenvalue weighted by molar-refractivity contribution is -0.133. The highest BCUT2D eigenvalue weighted by Crippen LogP contribution is 2.17.